The van der Waals surface area contributed by atoms with Crippen molar-refractivity contribution in [3.63, 3.8) is 0 Å². The number of aryl methyl sites for hydroxylation is 1. The van der Waals surface area contributed by atoms with Gasteiger partial charge in [-0.25, -0.2) is 4.98 Å². The highest BCUT2D eigenvalue weighted by Crippen LogP contribution is 2.27. The molecule has 0 radical (unpaired) electrons. The Hall–Kier alpha value is -1.62. The Kier molecular flexibility index (Phi) is 3.52. The van der Waals surface area contributed by atoms with Gasteiger partial charge in [-0.15, -0.1) is 5.10 Å². The molecule has 0 amide bonds. The lowest BCUT2D eigenvalue weighted by Crippen LogP contribution is -2.02. The summed E-state index contributed by atoms with van der Waals surface area (Å²) in [5.41, 5.74) is 1.63. The van der Waals surface area contributed by atoms with Gasteiger partial charge < -0.3 is 4.74 Å². The van der Waals surface area contributed by atoms with Crippen molar-refractivity contribution in [2.45, 2.75) is 33.6 Å². The quantitative estimate of drug-likeness (QED) is 0.865. The smallest absolute Gasteiger partial charge is 0.240 e. The van der Waals surface area contributed by atoms with Crippen molar-refractivity contribution < 1.29 is 4.74 Å². The Morgan fingerprint density at radius 2 is 2.00 bits per heavy atom. The highest BCUT2D eigenvalue weighted by atomic mass is 35.5. The van der Waals surface area contributed by atoms with E-state index in [9.17, 15) is 0 Å². The summed E-state index contributed by atoms with van der Waals surface area (Å²) in [6, 6.07) is 1.80. The third kappa shape index (κ3) is 2.61. The third-order valence-corrected chi connectivity index (χ3v) is 2.83. The molecular weight excluding hydrogens is 252 g/mol. The number of hydrogen-bond acceptors (Lipinski definition) is 4. The molecule has 2 aromatic heterocycles. The largest absolute Gasteiger partial charge is 0.419 e. The van der Waals surface area contributed by atoms with Crippen molar-refractivity contribution in [2.75, 3.05) is 0 Å². The van der Waals surface area contributed by atoms with Crippen LogP contribution < -0.4 is 4.74 Å². The van der Waals surface area contributed by atoms with Crippen LogP contribution in [0.25, 0.3) is 0 Å². The average molecular weight is 267 g/mol. The van der Waals surface area contributed by atoms with Crippen molar-refractivity contribution in [3.8, 4) is 11.8 Å². The first kappa shape index (κ1) is 12.8. The van der Waals surface area contributed by atoms with Crippen LogP contribution in [-0.2, 0) is 0 Å². The first-order chi connectivity index (χ1) is 8.47. The number of ether oxygens (including phenoxy) is 1. The summed E-state index contributed by atoms with van der Waals surface area (Å²) >= 11 is 6.08. The van der Waals surface area contributed by atoms with Crippen LogP contribution in [0.2, 0.25) is 5.15 Å². The number of aromatic amines is 1. The first-order valence-electron chi connectivity index (χ1n) is 5.71. The van der Waals surface area contributed by atoms with Crippen molar-refractivity contribution in [1.82, 2.24) is 20.2 Å². The van der Waals surface area contributed by atoms with Crippen LogP contribution >= 0.6 is 11.6 Å². The van der Waals surface area contributed by atoms with E-state index in [1.54, 1.807) is 6.07 Å². The lowest BCUT2D eigenvalue weighted by atomic mass is 10.2. The molecule has 2 heterocycles. The standard InChI is InChI=1S/C12H15ClN4O/c1-6(2)11-14-10(13)8(4)12(15-11)18-9-5-7(3)16-17-9/h5-6H,1-4H3,(H,16,17). The Morgan fingerprint density at radius 3 is 2.56 bits per heavy atom. The number of nitrogens with zero attached hydrogens (tertiary/aromatic N) is 3. The van der Waals surface area contributed by atoms with Gasteiger partial charge in [0.05, 0.1) is 0 Å². The van der Waals surface area contributed by atoms with E-state index in [-0.39, 0.29) is 5.92 Å². The van der Waals surface area contributed by atoms with Gasteiger partial charge in [0.1, 0.15) is 11.0 Å². The van der Waals surface area contributed by atoms with Gasteiger partial charge in [-0.3, -0.25) is 5.10 Å². The molecule has 5 nitrogen and oxygen atoms in total. The Labute approximate surface area is 111 Å². The van der Waals surface area contributed by atoms with Crippen LogP contribution in [-0.4, -0.2) is 20.2 Å². The monoisotopic (exact) mass is 266 g/mol. The molecular formula is C12H15ClN4O. The molecule has 0 saturated carbocycles. The molecule has 0 fully saturated rings. The zero-order valence-corrected chi connectivity index (χ0v) is 11.5. The zero-order chi connectivity index (χ0) is 13.3. The van der Waals surface area contributed by atoms with Gasteiger partial charge in [0, 0.05) is 23.2 Å². The molecule has 0 aliphatic heterocycles. The van der Waals surface area contributed by atoms with E-state index in [1.807, 2.05) is 27.7 Å². The Bertz CT molecular complexity index is 565. The molecule has 0 unspecified atom stereocenters. The minimum absolute atomic E-state index is 0.186. The maximum atomic E-state index is 6.08. The minimum Gasteiger partial charge on any atom is -0.419 e. The molecule has 96 valence electrons. The van der Waals surface area contributed by atoms with E-state index < -0.39 is 0 Å². The second kappa shape index (κ2) is 4.94. The Morgan fingerprint density at radius 1 is 1.28 bits per heavy atom. The summed E-state index contributed by atoms with van der Waals surface area (Å²) in [5, 5.41) is 7.23. The van der Waals surface area contributed by atoms with E-state index in [0.717, 1.165) is 5.69 Å². The molecule has 0 aliphatic rings. The van der Waals surface area contributed by atoms with Crippen molar-refractivity contribution in [2.24, 2.45) is 0 Å². The highest BCUT2D eigenvalue weighted by Gasteiger charge is 2.14. The van der Waals surface area contributed by atoms with Crippen LogP contribution in [0.15, 0.2) is 6.07 Å². The molecule has 0 spiro atoms. The van der Waals surface area contributed by atoms with Gasteiger partial charge in [0.2, 0.25) is 11.8 Å². The maximum Gasteiger partial charge on any atom is 0.240 e. The molecule has 18 heavy (non-hydrogen) atoms. The minimum atomic E-state index is 0.186. The topological polar surface area (TPSA) is 63.7 Å². The van der Waals surface area contributed by atoms with Crippen LogP contribution in [0.5, 0.6) is 11.8 Å². The predicted octanol–water partition coefficient (Wildman–Crippen LogP) is 3.39. The molecule has 0 aliphatic carbocycles. The van der Waals surface area contributed by atoms with Crippen LogP contribution in [0.4, 0.5) is 0 Å². The number of hydrogen-bond donors (Lipinski definition) is 1. The highest BCUT2D eigenvalue weighted by molar-refractivity contribution is 6.30. The molecule has 6 heteroatoms. The van der Waals surface area contributed by atoms with Crippen molar-refractivity contribution >= 4 is 11.6 Å². The van der Waals surface area contributed by atoms with E-state index in [4.69, 9.17) is 16.3 Å². The van der Waals surface area contributed by atoms with Gasteiger partial charge in [0.25, 0.3) is 0 Å². The maximum absolute atomic E-state index is 6.08. The summed E-state index contributed by atoms with van der Waals surface area (Å²) in [5.74, 6) is 1.77. The molecule has 0 atom stereocenters. The third-order valence-electron chi connectivity index (χ3n) is 2.46. The summed E-state index contributed by atoms with van der Waals surface area (Å²) < 4.78 is 5.62. The van der Waals surface area contributed by atoms with Gasteiger partial charge in [-0.2, -0.15) is 4.98 Å². The van der Waals surface area contributed by atoms with Crippen LogP contribution in [0.1, 0.15) is 36.8 Å². The van der Waals surface area contributed by atoms with Gasteiger partial charge in [0.15, 0.2) is 0 Å². The van der Waals surface area contributed by atoms with Crippen LogP contribution in [0, 0.1) is 13.8 Å². The van der Waals surface area contributed by atoms with E-state index in [2.05, 4.69) is 20.2 Å². The van der Waals surface area contributed by atoms with Crippen molar-refractivity contribution in [3.05, 3.63) is 28.3 Å². The first-order valence-corrected chi connectivity index (χ1v) is 6.09. The molecule has 0 aromatic carbocycles. The zero-order valence-electron chi connectivity index (χ0n) is 10.8. The summed E-state index contributed by atoms with van der Waals surface area (Å²) in [7, 11) is 0. The molecule has 2 aromatic rings. The molecule has 0 saturated heterocycles. The average Bonchev–Trinajstić information content (AvgIpc) is 2.70. The lowest BCUT2D eigenvalue weighted by molar-refractivity contribution is 0.434. The number of rotatable bonds is 3. The second-order valence-electron chi connectivity index (χ2n) is 4.45. The van der Waals surface area contributed by atoms with Gasteiger partial charge >= 0.3 is 0 Å². The second-order valence-corrected chi connectivity index (χ2v) is 4.81. The molecule has 2 rings (SSSR count). The number of H-pyrrole nitrogens is 1. The summed E-state index contributed by atoms with van der Waals surface area (Å²) in [4.78, 5) is 8.59. The molecule has 1 N–H and O–H groups in total. The number of nitrogens with one attached hydrogen (secondary N) is 1. The summed E-state index contributed by atoms with van der Waals surface area (Å²) in [6.45, 7) is 7.73. The SMILES string of the molecule is Cc1cc(Oc2nc(C(C)C)nc(Cl)c2C)n[nH]1. The van der Waals surface area contributed by atoms with Gasteiger partial charge in [-0.1, -0.05) is 25.4 Å². The van der Waals surface area contributed by atoms with E-state index in [0.29, 0.717) is 28.3 Å². The lowest BCUT2D eigenvalue weighted by Gasteiger charge is -2.10. The van der Waals surface area contributed by atoms with Crippen molar-refractivity contribution in [1.29, 1.82) is 0 Å². The molecule has 0 bridgehead atoms. The predicted molar refractivity (Wildman–Crippen MR) is 69.3 cm³/mol. The fraction of sp³-hybridized carbons (Fsp3) is 0.417. The van der Waals surface area contributed by atoms with Gasteiger partial charge in [-0.05, 0) is 13.8 Å². The summed E-state index contributed by atoms with van der Waals surface area (Å²) in [6.07, 6.45) is 0. The normalized spacial score (nSPS) is 11.0. The Balaban J connectivity index is 2.37. The van der Waals surface area contributed by atoms with E-state index in [1.165, 1.54) is 0 Å². The number of aromatic nitrogens is 4. The fourth-order valence-electron chi connectivity index (χ4n) is 1.39. The number of halogens is 1. The fourth-order valence-corrected chi connectivity index (χ4v) is 1.55. The van der Waals surface area contributed by atoms with Crippen LogP contribution in [0.3, 0.4) is 0 Å². The van der Waals surface area contributed by atoms with E-state index >= 15 is 0 Å².